The molecule has 13 heavy (non-hydrogen) atoms. The minimum Gasteiger partial charge on any atom is -0.381 e. The zero-order valence-electron chi connectivity index (χ0n) is 8.50. The van der Waals surface area contributed by atoms with Crippen molar-refractivity contribution in [2.45, 2.75) is 31.9 Å². The standard InChI is InChI=1S/C9H18N2O2/c1-9(2,13)8(12)10-7-4-5-11(3)6-7/h7,13H,4-6H2,1-3H3,(H,10,12). The summed E-state index contributed by atoms with van der Waals surface area (Å²) in [5, 5.41) is 12.2. The van der Waals surface area contributed by atoms with Crippen LogP contribution in [0.15, 0.2) is 0 Å². The summed E-state index contributed by atoms with van der Waals surface area (Å²) < 4.78 is 0. The summed E-state index contributed by atoms with van der Waals surface area (Å²) in [5.41, 5.74) is -1.26. The lowest BCUT2D eigenvalue weighted by molar-refractivity contribution is -0.137. The zero-order valence-corrected chi connectivity index (χ0v) is 8.50. The Morgan fingerprint density at radius 2 is 2.23 bits per heavy atom. The Morgan fingerprint density at radius 1 is 1.62 bits per heavy atom. The molecule has 1 amide bonds. The summed E-state index contributed by atoms with van der Waals surface area (Å²) in [7, 11) is 2.02. The SMILES string of the molecule is CN1CCC(NC(=O)C(C)(C)O)C1. The molecule has 0 bridgehead atoms. The van der Waals surface area contributed by atoms with Gasteiger partial charge in [-0.3, -0.25) is 4.79 Å². The molecule has 2 N–H and O–H groups in total. The van der Waals surface area contributed by atoms with Crippen LogP contribution in [0.1, 0.15) is 20.3 Å². The van der Waals surface area contributed by atoms with Crippen LogP contribution in [-0.4, -0.2) is 47.7 Å². The second-order valence-electron chi connectivity index (χ2n) is 4.28. The Morgan fingerprint density at radius 3 is 2.62 bits per heavy atom. The van der Waals surface area contributed by atoms with Crippen LogP contribution in [0.2, 0.25) is 0 Å². The van der Waals surface area contributed by atoms with Crippen molar-refractivity contribution in [1.29, 1.82) is 0 Å². The third kappa shape index (κ3) is 2.97. The van der Waals surface area contributed by atoms with Crippen LogP contribution in [0.3, 0.4) is 0 Å². The number of likely N-dealkylation sites (tertiary alicyclic amines) is 1. The predicted molar refractivity (Wildman–Crippen MR) is 50.3 cm³/mol. The van der Waals surface area contributed by atoms with Gasteiger partial charge in [0.1, 0.15) is 5.60 Å². The molecule has 4 nitrogen and oxygen atoms in total. The topological polar surface area (TPSA) is 52.6 Å². The number of aliphatic hydroxyl groups is 1. The van der Waals surface area contributed by atoms with Gasteiger partial charge in [-0.2, -0.15) is 0 Å². The smallest absolute Gasteiger partial charge is 0.251 e. The van der Waals surface area contributed by atoms with E-state index in [-0.39, 0.29) is 11.9 Å². The van der Waals surface area contributed by atoms with E-state index in [1.165, 1.54) is 13.8 Å². The molecule has 0 aromatic rings. The quantitative estimate of drug-likeness (QED) is 0.615. The predicted octanol–water partition coefficient (Wildman–Crippen LogP) is -0.422. The first-order chi connectivity index (χ1) is 5.89. The van der Waals surface area contributed by atoms with Crippen molar-refractivity contribution in [2.75, 3.05) is 20.1 Å². The molecule has 1 rings (SSSR count). The number of hydrogen-bond donors (Lipinski definition) is 2. The Hall–Kier alpha value is -0.610. The minimum atomic E-state index is -1.26. The van der Waals surface area contributed by atoms with E-state index in [1.807, 2.05) is 7.05 Å². The highest BCUT2D eigenvalue weighted by molar-refractivity contribution is 5.84. The molecule has 0 saturated carbocycles. The van der Waals surface area contributed by atoms with Crippen molar-refractivity contribution in [3.63, 3.8) is 0 Å². The molecular weight excluding hydrogens is 168 g/mol. The molecule has 1 fully saturated rings. The largest absolute Gasteiger partial charge is 0.381 e. The fraction of sp³-hybridized carbons (Fsp3) is 0.889. The summed E-state index contributed by atoms with van der Waals surface area (Å²) in [6, 6.07) is 0.198. The Labute approximate surface area is 78.9 Å². The lowest BCUT2D eigenvalue weighted by atomic mass is 10.1. The van der Waals surface area contributed by atoms with Gasteiger partial charge in [0.15, 0.2) is 0 Å². The third-order valence-corrected chi connectivity index (χ3v) is 2.28. The van der Waals surface area contributed by atoms with Crippen molar-refractivity contribution >= 4 is 5.91 Å². The molecule has 4 heteroatoms. The second-order valence-corrected chi connectivity index (χ2v) is 4.28. The van der Waals surface area contributed by atoms with E-state index in [4.69, 9.17) is 0 Å². The Balaban J connectivity index is 2.37. The number of nitrogens with zero attached hydrogens (tertiary/aromatic N) is 1. The third-order valence-electron chi connectivity index (χ3n) is 2.28. The molecule has 1 heterocycles. The van der Waals surface area contributed by atoms with Gasteiger partial charge < -0.3 is 15.3 Å². The number of nitrogens with one attached hydrogen (secondary N) is 1. The van der Waals surface area contributed by atoms with Crippen molar-refractivity contribution in [3.05, 3.63) is 0 Å². The van der Waals surface area contributed by atoms with Crippen LogP contribution in [0.25, 0.3) is 0 Å². The summed E-state index contributed by atoms with van der Waals surface area (Å²) in [6.07, 6.45) is 0.971. The van der Waals surface area contributed by atoms with Crippen LogP contribution < -0.4 is 5.32 Å². The first-order valence-corrected chi connectivity index (χ1v) is 4.61. The van der Waals surface area contributed by atoms with Gasteiger partial charge in [-0.15, -0.1) is 0 Å². The molecule has 1 saturated heterocycles. The Bertz CT molecular complexity index is 198. The average molecular weight is 186 g/mol. The van der Waals surface area contributed by atoms with Crippen molar-refractivity contribution in [2.24, 2.45) is 0 Å². The highest BCUT2D eigenvalue weighted by Crippen LogP contribution is 2.08. The van der Waals surface area contributed by atoms with Gasteiger partial charge in [0.05, 0.1) is 0 Å². The lowest BCUT2D eigenvalue weighted by Crippen LogP contribution is -2.47. The fourth-order valence-corrected chi connectivity index (χ4v) is 1.41. The van der Waals surface area contributed by atoms with Gasteiger partial charge in [0.2, 0.25) is 0 Å². The molecule has 1 unspecified atom stereocenters. The lowest BCUT2D eigenvalue weighted by Gasteiger charge is -2.20. The van der Waals surface area contributed by atoms with E-state index in [0.717, 1.165) is 19.5 Å². The molecule has 1 aliphatic heterocycles. The van der Waals surface area contributed by atoms with Crippen LogP contribution in [0.4, 0.5) is 0 Å². The molecule has 0 spiro atoms. The maximum absolute atomic E-state index is 11.3. The minimum absolute atomic E-state index is 0.198. The fourth-order valence-electron chi connectivity index (χ4n) is 1.41. The maximum Gasteiger partial charge on any atom is 0.251 e. The maximum atomic E-state index is 11.3. The monoisotopic (exact) mass is 186 g/mol. The summed E-state index contributed by atoms with van der Waals surface area (Å²) >= 11 is 0. The summed E-state index contributed by atoms with van der Waals surface area (Å²) in [6.45, 7) is 4.89. The van der Waals surface area contributed by atoms with Gasteiger partial charge in [-0.05, 0) is 33.9 Å². The average Bonchev–Trinajstić information content (AvgIpc) is 2.33. The first kappa shape index (κ1) is 10.5. The number of carbonyl (C=O) groups excluding carboxylic acids is 1. The van der Waals surface area contributed by atoms with E-state index < -0.39 is 5.60 Å². The molecule has 1 atom stereocenters. The van der Waals surface area contributed by atoms with Crippen LogP contribution in [-0.2, 0) is 4.79 Å². The van der Waals surface area contributed by atoms with Crippen molar-refractivity contribution in [3.8, 4) is 0 Å². The number of rotatable bonds is 2. The first-order valence-electron chi connectivity index (χ1n) is 4.61. The molecule has 76 valence electrons. The molecule has 1 aliphatic rings. The molecular formula is C9H18N2O2. The highest BCUT2D eigenvalue weighted by atomic mass is 16.3. The van der Waals surface area contributed by atoms with Gasteiger partial charge in [0.25, 0.3) is 5.91 Å². The van der Waals surface area contributed by atoms with Gasteiger partial charge in [-0.25, -0.2) is 0 Å². The number of likely N-dealkylation sites (N-methyl/N-ethyl adjacent to an activating group) is 1. The van der Waals surface area contributed by atoms with Gasteiger partial charge in [0, 0.05) is 12.6 Å². The van der Waals surface area contributed by atoms with Crippen molar-refractivity contribution < 1.29 is 9.90 Å². The van der Waals surface area contributed by atoms with E-state index >= 15 is 0 Å². The molecule has 0 radical (unpaired) electrons. The molecule has 0 aromatic carbocycles. The van der Waals surface area contributed by atoms with Crippen LogP contribution in [0, 0.1) is 0 Å². The van der Waals surface area contributed by atoms with E-state index in [0.29, 0.717) is 0 Å². The number of hydrogen-bond acceptors (Lipinski definition) is 3. The van der Waals surface area contributed by atoms with E-state index in [9.17, 15) is 9.90 Å². The van der Waals surface area contributed by atoms with Crippen molar-refractivity contribution in [1.82, 2.24) is 10.2 Å². The summed E-state index contributed by atoms with van der Waals surface area (Å²) in [4.78, 5) is 13.5. The van der Waals surface area contributed by atoms with E-state index in [1.54, 1.807) is 0 Å². The zero-order chi connectivity index (χ0) is 10.1. The van der Waals surface area contributed by atoms with Crippen LogP contribution in [0.5, 0.6) is 0 Å². The second kappa shape index (κ2) is 3.64. The number of amides is 1. The van der Waals surface area contributed by atoms with Gasteiger partial charge >= 0.3 is 0 Å². The normalized spacial score (nSPS) is 24.8. The molecule has 0 aliphatic carbocycles. The molecule has 0 aromatic heterocycles. The summed E-state index contributed by atoms with van der Waals surface area (Å²) in [5.74, 6) is -0.284. The number of carbonyl (C=O) groups is 1. The highest BCUT2D eigenvalue weighted by Gasteiger charge is 2.28. The van der Waals surface area contributed by atoms with E-state index in [2.05, 4.69) is 10.2 Å². The van der Waals surface area contributed by atoms with Gasteiger partial charge in [-0.1, -0.05) is 0 Å². The van der Waals surface area contributed by atoms with Crippen LogP contribution >= 0.6 is 0 Å². The Kier molecular flexibility index (Phi) is 2.93.